The van der Waals surface area contributed by atoms with Crippen LogP contribution in [0.25, 0.3) is 0 Å². The first-order chi connectivity index (χ1) is 13.0. The number of hydrazone groups is 1. The minimum Gasteiger partial charge on any atom is -0.546 e. The molecule has 0 saturated carbocycles. The van der Waals surface area contributed by atoms with Crippen LogP contribution in [0.3, 0.4) is 0 Å². The average Bonchev–Trinajstić information content (AvgIpc) is 2.67. The van der Waals surface area contributed by atoms with Crippen molar-refractivity contribution < 1.29 is 24.2 Å². The van der Waals surface area contributed by atoms with Gasteiger partial charge in [-0.15, -0.1) is 0 Å². The van der Waals surface area contributed by atoms with Gasteiger partial charge in [-0.2, -0.15) is 5.10 Å². The molecule has 8 nitrogen and oxygen atoms in total. The van der Waals surface area contributed by atoms with Gasteiger partial charge in [-0.25, -0.2) is 5.43 Å². The molecule has 2 N–H and O–H groups in total. The molecule has 0 aromatic heterocycles. The number of hydrogen-bond donors (Lipinski definition) is 2. The summed E-state index contributed by atoms with van der Waals surface area (Å²) in [6.45, 7) is 1.23. The molecule has 0 aliphatic heterocycles. The molecule has 140 valence electrons. The lowest BCUT2D eigenvalue weighted by molar-refractivity contribution is -0.307. The zero-order valence-corrected chi connectivity index (χ0v) is 14.5. The fourth-order valence-corrected chi connectivity index (χ4v) is 2.10. The van der Waals surface area contributed by atoms with Crippen LogP contribution in [-0.2, 0) is 14.4 Å². The summed E-state index contributed by atoms with van der Waals surface area (Å²) in [4.78, 5) is 34.0. The highest BCUT2D eigenvalue weighted by atomic mass is 16.5. The number of amides is 2. The normalized spacial score (nSPS) is 11.6. The summed E-state index contributed by atoms with van der Waals surface area (Å²) in [5, 5.41) is 16.6. The van der Waals surface area contributed by atoms with Gasteiger partial charge in [0.25, 0.3) is 0 Å². The molecule has 0 aliphatic rings. The number of carbonyl (C=O) groups is 3. The maximum Gasteiger partial charge on any atom is 0.329 e. The Kier molecular flexibility index (Phi) is 7.07. The van der Waals surface area contributed by atoms with Crippen molar-refractivity contribution in [2.24, 2.45) is 5.10 Å². The van der Waals surface area contributed by atoms with Gasteiger partial charge in [0.05, 0.1) is 18.2 Å². The molecular formula is C19H18N3O5-. The topological polar surface area (TPSA) is 120 Å². The predicted octanol–water partition coefficient (Wildman–Crippen LogP) is 0.143. The highest BCUT2D eigenvalue weighted by Gasteiger charge is 2.16. The van der Waals surface area contributed by atoms with Gasteiger partial charge in [0, 0.05) is 0 Å². The van der Waals surface area contributed by atoms with E-state index in [-0.39, 0.29) is 6.04 Å². The number of carboxylic acid groups (broad SMARTS) is 1. The van der Waals surface area contributed by atoms with Crippen LogP contribution in [0, 0.1) is 0 Å². The van der Waals surface area contributed by atoms with Crippen molar-refractivity contribution in [1.29, 1.82) is 0 Å². The van der Waals surface area contributed by atoms with Gasteiger partial charge in [0.2, 0.25) is 0 Å². The molecule has 0 fully saturated rings. The van der Waals surface area contributed by atoms with E-state index in [9.17, 15) is 19.5 Å². The summed E-state index contributed by atoms with van der Waals surface area (Å²) in [7, 11) is 0. The van der Waals surface area contributed by atoms with Crippen LogP contribution in [0.4, 0.5) is 0 Å². The number of hydrogen-bond acceptors (Lipinski definition) is 6. The van der Waals surface area contributed by atoms with Gasteiger partial charge in [-0.1, -0.05) is 30.3 Å². The minimum absolute atomic E-state index is 0.318. The summed E-state index contributed by atoms with van der Waals surface area (Å²) >= 11 is 0. The van der Waals surface area contributed by atoms with Crippen molar-refractivity contribution in [1.82, 2.24) is 10.7 Å². The Labute approximate surface area is 155 Å². The van der Waals surface area contributed by atoms with Crippen LogP contribution in [0.5, 0.6) is 5.75 Å². The fraction of sp³-hybridized carbons (Fsp3) is 0.158. The zero-order valence-electron chi connectivity index (χ0n) is 14.5. The van der Waals surface area contributed by atoms with Crippen LogP contribution < -0.4 is 20.6 Å². The molecule has 2 amide bonds. The van der Waals surface area contributed by atoms with Crippen molar-refractivity contribution in [2.45, 2.75) is 13.0 Å². The van der Waals surface area contributed by atoms with Crippen LogP contribution in [-0.4, -0.2) is 30.6 Å². The Hall–Kier alpha value is -3.68. The van der Waals surface area contributed by atoms with Crippen LogP contribution in [0.15, 0.2) is 59.7 Å². The number of carbonyl (C=O) groups excluding carboxylic acids is 3. The second-order valence-corrected chi connectivity index (χ2v) is 5.53. The molecule has 0 heterocycles. The lowest BCUT2D eigenvalue weighted by Gasteiger charge is -2.13. The third-order valence-electron chi connectivity index (χ3n) is 3.47. The molecule has 0 spiro atoms. The molecule has 0 saturated heterocycles. The smallest absolute Gasteiger partial charge is 0.329 e. The van der Waals surface area contributed by atoms with E-state index in [2.05, 4.69) is 15.8 Å². The average molecular weight is 368 g/mol. The van der Waals surface area contributed by atoms with Crippen molar-refractivity contribution in [3.05, 3.63) is 65.7 Å². The SMILES string of the molecule is C[C@@H](NC(=O)C(=O)N/N=C\c1ccc(OCC(=O)[O-])cc1)c1ccccc1. The third-order valence-corrected chi connectivity index (χ3v) is 3.47. The Balaban J connectivity index is 1.81. The highest BCUT2D eigenvalue weighted by Crippen LogP contribution is 2.11. The standard InChI is InChI=1S/C19H19N3O5/c1-13(15-5-3-2-4-6-15)21-18(25)19(26)22-20-11-14-7-9-16(10-8-14)27-12-17(23)24/h2-11,13H,12H2,1H3,(H,21,25)(H,22,26)(H,23,24)/p-1/b20-11-/t13-/m1/s1. The Morgan fingerprint density at radius 2 is 1.74 bits per heavy atom. The van der Waals surface area contributed by atoms with E-state index in [0.29, 0.717) is 11.3 Å². The van der Waals surface area contributed by atoms with E-state index in [0.717, 1.165) is 5.56 Å². The zero-order chi connectivity index (χ0) is 19.6. The van der Waals surface area contributed by atoms with E-state index in [1.807, 2.05) is 30.3 Å². The maximum absolute atomic E-state index is 11.9. The van der Waals surface area contributed by atoms with Crippen LogP contribution in [0.1, 0.15) is 24.1 Å². The summed E-state index contributed by atoms with van der Waals surface area (Å²) in [5.74, 6) is -2.64. The molecule has 2 rings (SSSR count). The number of nitrogens with one attached hydrogen (secondary N) is 2. The molecule has 2 aromatic rings. The number of ether oxygens (including phenoxy) is 1. The Bertz CT molecular complexity index is 819. The molecule has 0 unspecified atom stereocenters. The van der Waals surface area contributed by atoms with Gasteiger partial charge in [-0.3, -0.25) is 9.59 Å². The number of carboxylic acids is 1. The summed E-state index contributed by atoms with van der Waals surface area (Å²) in [5.41, 5.74) is 3.64. The van der Waals surface area contributed by atoms with Crippen molar-refractivity contribution in [3.8, 4) is 5.75 Å². The number of aliphatic carboxylic acids is 1. The number of benzene rings is 2. The first kappa shape index (κ1) is 19.6. The second kappa shape index (κ2) is 9.71. The van der Waals surface area contributed by atoms with Gasteiger partial charge in [0.15, 0.2) is 0 Å². The van der Waals surface area contributed by atoms with E-state index < -0.39 is 24.4 Å². The molecular weight excluding hydrogens is 350 g/mol. The minimum atomic E-state index is -1.32. The Morgan fingerprint density at radius 3 is 2.37 bits per heavy atom. The van der Waals surface area contributed by atoms with E-state index in [1.165, 1.54) is 6.21 Å². The van der Waals surface area contributed by atoms with Gasteiger partial charge in [0.1, 0.15) is 12.4 Å². The van der Waals surface area contributed by atoms with E-state index in [1.54, 1.807) is 31.2 Å². The van der Waals surface area contributed by atoms with Crippen molar-refractivity contribution in [3.63, 3.8) is 0 Å². The fourth-order valence-electron chi connectivity index (χ4n) is 2.10. The molecule has 0 bridgehead atoms. The molecule has 0 aliphatic carbocycles. The molecule has 1 atom stereocenters. The summed E-state index contributed by atoms with van der Waals surface area (Å²) in [6.07, 6.45) is 1.34. The van der Waals surface area contributed by atoms with Gasteiger partial charge >= 0.3 is 11.8 Å². The maximum atomic E-state index is 11.9. The van der Waals surface area contributed by atoms with Crippen molar-refractivity contribution >= 4 is 24.0 Å². The van der Waals surface area contributed by atoms with Gasteiger partial charge < -0.3 is 20.0 Å². The first-order valence-electron chi connectivity index (χ1n) is 8.07. The Morgan fingerprint density at radius 1 is 1.07 bits per heavy atom. The molecule has 8 heteroatoms. The third kappa shape index (κ3) is 6.62. The van der Waals surface area contributed by atoms with Crippen LogP contribution in [0.2, 0.25) is 0 Å². The quantitative estimate of drug-likeness (QED) is 0.409. The summed E-state index contributed by atoms with van der Waals surface area (Å²) < 4.78 is 4.94. The molecule has 0 radical (unpaired) electrons. The second-order valence-electron chi connectivity index (χ2n) is 5.53. The molecule has 27 heavy (non-hydrogen) atoms. The van der Waals surface area contributed by atoms with Crippen molar-refractivity contribution in [2.75, 3.05) is 6.61 Å². The number of rotatable bonds is 7. The molecule has 2 aromatic carbocycles. The largest absolute Gasteiger partial charge is 0.546 e. The lowest BCUT2D eigenvalue weighted by Crippen LogP contribution is -2.39. The predicted molar refractivity (Wildman–Crippen MR) is 95.7 cm³/mol. The van der Waals surface area contributed by atoms with Gasteiger partial charge in [-0.05, 0) is 42.3 Å². The highest BCUT2D eigenvalue weighted by molar-refractivity contribution is 6.35. The van der Waals surface area contributed by atoms with Crippen LogP contribution >= 0.6 is 0 Å². The monoisotopic (exact) mass is 368 g/mol. The van der Waals surface area contributed by atoms with E-state index >= 15 is 0 Å². The summed E-state index contributed by atoms with van der Waals surface area (Å²) in [6, 6.07) is 15.2. The number of nitrogens with zero attached hydrogens (tertiary/aromatic N) is 1. The van der Waals surface area contributed by atoms with E-state index in [4.69, 9.17) is 4.74 Å². The lowest BCUT2D eigenvalue weighted by atomic mass is 10.1. The first-order valence-corrected chi connectivity index (χ1v) is 8.07.